The fourth-order valence-corrected chi connectivity index (χ4v) is 2.66. The molecule has 112 valence electrons. The third kappa shape index (κ3) is 3.71. The van der Waals surface area contributed by atoms with Crippen molar-refractivity contribution in [1.29, 1.82) is 0 Å². The Hall–Kier alpha value is -1.66. The Kier molecular flexibility index (Phi) is 4.80. The van der Waals surface area contributed by atoms with Gasteiger partial charge in [0.15, 0.2) is 0 Å². The summed E-state index contributed by atoms with van der Waals surface area (Å²) in [5.41, 5.74) is 1.85. The normalized spacial score (nSPS) is 12.4. The minimum atomic E-state index is -0.361. The van der Waals surface area contributed by atoms with Crippen LogP contribution in [0.15, 0.2) is 33.2 Å². The predicted molar refractivity (Wildman–Crippen MR) is 84.2 cm³/mol. The average molecular weight is 353 g/mol. The molecule has 0 spiro atoms. The molecule has 6 heteroatoms. The molecule has 0 radical (unpaired) electrons. The fourth-order valence-electron chi connectivity index (χ4n) is 2.31. The van der Waals surface area contributed by atoms with Crippen LogP contribution >= 0.6 is 15.9 Å². The third-order valence-corrected chi connectivity index (χ3v) is 3.88. The second kappa shape index (κ2) is 6.41. The maximum atomic E-state index is 11.1. The molecule has 0 aliphatic rings. The van der Waals surface area contributed by atoms with Crippen LogP contribution in [0.1, 0.15) is 35.6 Å². The van der Waals surface area contributed by atoms with Crippen molar-refractivity contribution < 1.29 is 9.34 Å². The molecule has 2 aromatic rings. The first kappa shape index (κ1) is 15.7. The zero-order chi connectivity index (χ0) is 15.6. The highest BCUT2D eigenvalue weighted by Gasteiger charge is 2.16. The van der Waals surface area contributed by atoms with Crippen molar-refractivity contribution in [2.45, 2.75) is 33.4 Å². The number of nitro groups is 1. The lowest BCUT2D eigenvalue weighted by molar-refractivity contribution is -0.385. The van der Waals surface area contributed by atoms with Gasteiger partial charge < -0.3 is 9.73 Å². The lowest BCUT2D eigenvalue weighted by atomic mass is 10.1. The number of nitro benzene ring substituents is 1. The van der Waals surface area contributed by atoms with Crippen LogP contribution in [0.2, 0.25) is 0 Å². The summed E-state index contributed by atoms with van der Waals surface area (Å²) in [4.78, 5) is 10.7. The number of halogens is 1. The van der Waals surface area contributed by atoms with Gasteiger partial charge in [-0.05, 0) is 39.0 Å². The molecule has 0 aliphatic carbocycles. The molecule has 0 bridgehead atoms. The Labute approximate surface area is 131 Å². The number of benzene rings is 1. The molecule has 0 saturated carbocycles. The zero-order valence-electron chi connectivity index (χ0n) is 12.1. The first-order chi connectivity index (χ1) is 9.88. The number of rotatable bonds is 5. The van der Waals surface area contributed by atoms with Gasteiger partial charge in [-0.15, -0.1) is 0 Å². The third-order valence-electron chi connectivity index (χ3n) is 3.39. The minimum Gasteiger partial charge on any atom is -0.466 e. The Morgan fingerprint density at radius 3 is 2.67 bits per heavy atom. The van der Waals surface area contributed by atoms with E-state index in [1.165, 1.54) is 6.07 Å². The highest BCUT2D eigenvalue weighted by molar-refractivity contribution is 9.10. The van der Waals surface area contributed by atoms with Crippen molar-refractivity contribution in [2.24, 2.45) is 0 Å². The van der Waals surface area contributed by atoms with Crippen LogP contribution in [0.5, 0.6) is 0 Å². The highest BCUT2D eigenvalue weighted by atomic mass is 79.9. The van der Waals surface area contributed by atoms with Gasteiger partial charge in [0.25, 0.3) is 5.69 Å². The van der Waals surface area contributed by atoms with Crippen LogP contribution in [0.3, 0.4) is 0 Å². The molecule has 1 unspecified atom stereocenters. The lowest BCUT2D eigenvalue weighted by Crippen LogP contribution is -2.19. The zero-order valence-corrected chi connectivity index (χ0v) is 13.7. The van der Waals surface area contributed by atoms with Crippen molar-refractivity contribution >= 4 is 21.6 Å². The van der Waals surface area contributed by atoms with Gasteiger partial charge in [0.1, 0.15) is 11.5 Å². The van der Waals surface area contributed by atoms with Crippen LogP contribution in [0, 0.1) is 24.0 Å². The van der Waals surface area contributed by atoms with Gasteiger partial charge in [-0.25, -0.2) is 0 Å². The molecule has 0 aliphatic heterocycles. The van der Waals surface area contributed by atoms with Crippen LogP contribution in [0.4, 0.5) is 5.69 Å². The topological polar surface area (TPSA) is 68.3 Å². The molecule has 5 nitrogen and oxygen atoms in total. The monoisotopic (exact) mass is 352 g/mol. The fraction of sp³-hybridized carbons (Fsp3) is 0.333. The smallest absolute Gasteiger partial charge is 0.275 e. The number of nitrogens with zero attached hydrogens (tertiary/aromatic N) is 1. The van der Waals surface area contributed by atoms with E-state index in [0.717, 1.165) is 17.1 Å². The van der Waals surface area contributed by atoms with E-state index in [0.29, 0.717) is 16.6 Å². The Morgan fingerprint density at radius 1 is 1.38 bits per heavy atom. The number of hydrogen-bond donors (Lipinski definition) is 1. The van der Waals surface area contributed by atoms with E-state index < -0.39 is 0 Å². The van der Waals surface area contributed by atoms with Gasteiger partial charge in [-0.1, -0.05) is 15.9 Å². The molecule has 0 saturated heterocycles. The quantitative estimate of drug-likeness (QED) is 0.638. The van der Waals surface area contributed by atoms with E-state index in [9.17, 15) is 10.1 Å². The summed E-state index contributed by atoms with van der Waals surface area (Å²) in [6.07, 6.45) is 0. The SMILES string of the molecule is Cc1cc(C(C)NCc2ccc(Br)cc2[N+](=O)[O-])c(C)o1. The second-order valence-electron chi connectivity index (χ2n) is 5.00. The number of aryl methyl sites for hydroxylation is 2. The van der Waals surface area contributed by atoms with Gasteiger partial charge >= 0.3 is 0 Å². The summed E-state index contributed by atoms with van der Waals surface area (Å²) >= 11 is 3.26. The summed E-state index contributed by atoms with van der Waals surface area (Å²) in [5.74, 6) is 1.74. The van der Waals surface area contributed by atoms with Crippen molar-refractivity contribution in [1.82, 2.24) is 5.32 Å². The molecule has 1 heterocycles. The van der Waals surface area contributed by atoms with Gasteiger partial charge in [-0.3, -0.25) is 10.1 Å². The van der Waals surface area contributed by atoms with Gasteiger partial charge in [0.05, 0.1) is 4.92 Å². The molecule has 1 N–H and O–H groups in total. The van der Waals surface area contributed by atoms with E-state index in [2.05, 4.69) is 21.2 Å². The van der Waals surface area contributed by atoms with E-state index in [1.54, 1.807) is 6.07 Å². The first-order valence-electron chi connectivity index (χ1n) is 6.61. The van der Waals surface area contributed by atoms with Crippen molar-refractivity contribution in [3.8, 4) is 0 Å². The molecule has 21 heavy (non-hydrogen) atoms. The van der Waals surface area contributed by atoms with Gasteiger partial charge in [-0.2, -0.15) is 0 Å². The summed E-state index contributed by atoms with van der Waals surface area (Å²) in [6, 6.07) is 7.14. The molecule has 0 amide bonds. The van der Waals surface area contributed by atoms with Crippen molar-refractivity contribution in [2.75, 3.05) is 0 Å². The first-order valence-corrected chi connectivity index (χ1v) is 7.41. The molecule has 2 rings (SSSR count). The maximum absolute atomic E-state index is 11.1. The van der Waals surface area contributed by atoms with Crippen LogP contribution < -0.4 is 5.32 Å². The maximum Gasteiger partial charge on any atom is 0.275 e. The predicted octanol–water partition coefficient (Wildman–Crippen LogP) is 4.42. The van der Waals surface area contributed by atoms with Crippen molar-refractivity contribution in [3.05, 3.63) is 61.5 Å². The molecular weight excluding hydrogens is 336 g/mol. The van der Waals surface area contributed by atoms with E-state index in [1.807, 2.05) is 32.9 Å². The minimum absolute atomic E-state index is 0.0608. The van der Waals surface area contributed by atoms with Crippen LogP contribution in [0.25, 0.3) is 0 Å². The summed E-state index contributed by atoms with van der Waals surface area (Å²) in [6.45, 7) is 6.27. The molecule has 1 atom stereocenters. The summed E-state index contributed by atoms with van der Waals surface area (Å²) in [5, 5.41) is 14.4. The standard InChI is InChI=1S/C15H17BrN2O3/c1-9-6-14(11(3)21-9)10(2)17-8-12-4-5-13(16)7-15(12)18(19)20/h4-7,10,17H,8H2,1-3H3. The highest BCUT2D eigenvalue weighted by Crippen LogP contribution is 2.25. The molecule has 0 fully saturated rings. The van der Waals surface area contributed by atoms with Crippen LogP contribution in [-0.2, 0) is 6.54 Å². The van der Waals surface area contributed by atoms with E-state index in [-0.39, 0.29) is 16.7 Å². The number of furan rings is 1. The lowest BCUT2D eigenvalue weighted by Gasteiger charge is -2.13. The number of nitrogens with one attached hydrogen (secondary N) is 1. The van der Waals surface area contributed by atoms with Crippen LogP contribution in [-0.4, -0.2) is 4.92 Å². The molecule has 1 aromatic carbocycles. The Bertz CT molecular complexity index is 667. The molecular formula is C15H17BrN2O3. The van der Waals surface area contributed by atoms with E-state index >= 15 is 0 Å². The average Bonchev–Trinajstić information content (AvgIpc) is 2.75. The van der Waals surface area contributed by atoms with E-state index in [4.69, 9.17) is 4.42 Å². The number of hydrogen-bond acceptors (Lipinski definition) is 4. The summed E-state index contributed by atoms with van der Waals surface area (Å²) in [7, 11) is 0. The Balaban J connectivity index is 2.13. The van der Waals surface area contributed by atoms with Gasteiger partial charge in [0.2, 0.25) is 0 Å². The van der Waals surface area contributed by atoms with Crippen molar-refractivity contribution in [3.63, 3.8) is 0 Å². The Morgan fingerprint density at radius 2 is 2.10 bits per heavy atom. The van der Waals surface area contributed by atoms with Gasteiger partial charge in [0, 0.05) is 34.3 Å². The second-order valence-corrected chi connectivity index (χ2v) is 5.92. The largest absolute Gasteiger partial charge is 0.466 e. The molecule has 1 aromatic heterocycles. The summed E-state index contributed by atoms with van der Waals surface area (Å²) < 4.78 is 6.21.